The fraction of sp³-hybridized carbons (Fsp3) is 0.700. The van der Waals surface area contributed by atoms with Crippen molar-refractivity contribution in [3.63, 3.8) is 0 Å². The molecule has 0 unspecified atom stereocenters. The second kappa shape index (κ2) is 14.3. The third kappa shape index (κ3) is 10.7. The Morgan fingerprint density at radius 3 is 1.96 bits per heavy atom. The summed E-state index contributed by atoms with van der Waals surface area (Å²) >= 11 is 1.95. The summed E-state index contributed by atoms with van der Waals surface area (Å²) in [5, 5.41) is 10.7. The van der Waals surface area contributed by atoms with Gasteiger partial charge in [-0.3, -0.25) is 10.1 Å². The van der Waals surface area contributed by atoms with E-state index in [1.807, 2.05) is 17.8 Å². The second-order valence-electron chi connectivity index (χ2n) is 6.56. The van der Waals surface area contributed by atoms with E-state index in [1.165, 1.54) is 70.0 Å². The average molecular weight is 352 g/mol. The molecule has 0 aliphatic heterocycles. The number of non-ortho nitro benzene ring substituents is 1. The number of benzene rings is 1. The second-order valence-corrected chi connectivity index (χ2v) is 7.54. The summed E-state index contributed by atoms with van der Waals surface area (Å²) in [7, 11) is 0. The Hall–Kier alpha value is -1.03. The first-order valence-electron chi connectivity index (χ1n) is 9.46. The fourth-order valence-electron chi connectivity index (χ4n) is 2.99. The standard InChI is InChI=1S/C20H33NO2S/c1-24-17-12-10-8-6-4-2-3-5-7-9-11-14-19-15-13-16-20(18-19)21(22)23/h13,15-16,18H,2-12,14,17H2,1H3. The summed E-state index contributed by atoms with van der Waals surface area (Å²) < 4.78 is 0. The van der Waals surface area contributed by atoms with Crippen LogP contribution in [0.15, 0.2) is 24.3 Å². The smallest absolute Gasteiger partial charge is 0.258 e. The number of nitrogens with zero attached hydrogens (tertiary/aromatic N) is 1. The average Bonchev–Trinajstić information content (AvgIpc) is 2.59. The van der Waals surface area contributed by atoms with Crippen molar-refractivity contribution in [2.75, 3.05) is 12.0 Å². The summed E-state index contributed by atoms with van der Waals surface area (Å²) in [6.45, 7) is 0. The van der Waals surface area contributed by atoms with Crippen LogP contribution in [0.4, 0.5) is 5.69 Å². The molecule has 0 atom stereocenters. The van der Waals surface area contributed by atoms with Gasteiger partial charge in [0.05, 0.1) is 4.92 Å². The van der Waals surface area contributed by atoms with Crippen molar-refractivity contribution in [1.82, 2.24) is 0 Å². The minimum absolute atomic E-state index is 0.209. The molecule has 1 aromatic rings. The lowest BCUT2D eigenvalue weighted by Gasteiger charge is -2.03. The summed E-state index contributed by atoms with van der Waals surface area (Å²) in [5.41, 5.74) is 1.30. The topological polar surface area (TPSA) is 43.1 Å². The highest BCUT2D eigenvalue weighted by atomic mass is 32.2. The Morgan fingerprint density at radius 1 is 0.875 bits per heavy atom. The number of hydrogen-bond donors (Lipinski definition) is 0. The third-order valence-electron chi connectivity index (χ3n) is 4.44. The predicted molar refractivity (Wildman–Crippen MR) is 106 cm³/mol. The van der Waals surface area contributed by atoms with E-state index in [1.54, 1.807) is 18.2 Å². The van der Waals surface area contributed by atoms with Crippen LogP contribution in [-0.2, 0) is 6.42 Å². The molecule has 0 saturated heterocycles. The molecule has 0 saturated carbocycles. The van der Waals surface area contributed by atoms with Gasteiger partial charge in [0.25, 0.3) is 5.69 Å². The zero-order chi connectivity index (χ0) is 17.5. The van der Waals surface area contributed by atoms with Gasteiger partial charge in [0, 0.05) is 12.1 Å². The van der Waals surface area contributed by atoms with Crippen LogP contribution in [-0.4, -0.2) is 16.9 Å². The molecule has 0 spiro atoms. The van der Waals surface area contributed by atoms with Crippen molar-refractivity contribution in [1.29, 1.82) is 0 Å². The molecule has 24 heavy (non-hydrogen) atoms. The van der Waals surface area contributed by atoms with Crippen molar-refractivity contribution in [3.8, 4) is 0 Å². The zero-order valence-corrected chi connectivity index (χ0v) is 16.0. The van der Waals surface area contributed by atoms with Crippen LogP contribution in [0.2, 0.25) is 0 Å². The highest BCUT2D eigenvalue weighted by Crippen LogP contribution is 2.16. The first-order valence-corrected chi connectivity index (χ1v) is 10.9. The predicted octanol–water partition coefficient (Wildman–Crippen LogP) is 6.79. The summed E-state index contributed by atoms with van der Waals surface area (Å²) in [4.78, 5) is 10.4. The molecule has 4 heteroatoms. The Balaban J connectivity index is 1.90. The van der Waals surface area contributed by atoms with Gasteiger partial charge in [-0.2, -0.15) is 11.8 Å². The fourth-order valence-corrected chi connectivity index (χ4v) is 3.48. The van der Waals surface area contributed by atoms with Crippen LogP contribution in [0.5, 0.6) is 0 Å². The Bertz CT molecular complexity index is 451. The van der Waals surface area contributed by atoms with Crippen LogP contribution >= 0.6 is 11.8 Å². The molecule has 0 N–H and O–H groups in total. The first-order chi connectivity index (χ1) is 11.7. The number of unbranched alkanes of at least 4 members (excludes halogenated alkanes) is 10. The van der Waals surface area contributed by atoms with E-state index in [9.17, 15) is 10.1 Å². The van der Waals surface area contributed by atoms with Gasteiger partial charge in [0.2, 0.25) is 0 Å². The van der Waals surface area contributed by atoms with Crippen LogP contribution in [0.1, 0.15) is 76.2 Å². The number of aryl methyl sites for hydroxylation is 1. The number of hydrogen-bond acceptors (Lipinski definition) is 3. The lowest BCUT2D eigenvalue weighted by Crippen LogP contribution is -1.91. The van der Waals surface area contributed by atoms with Gasteiger partial charge in [0.15, 0.2) is 0 Å². The molecule has 0 aromatic heterocycles. The quantitative estimate of drug-likeness (QED) is 0.198. The lowest BCUT2D eigenvalue weighted by atomic mass is 10.0. The van der Waals surface area contributed by atoms with E-state index in [2.05, 4.69) is 6.26 Å². The van der Waals surface area contributed by atoms with Crippen LogP contribution in [0.25, 0.3) is 0 Å². The molecule has 0 aliphatic rings. The maximum atomic E-state index is 10.7. The third-order valence-corrected chi connectivity index (χ3v) is 5.13. The SMILES string of the molecule is CSCCCCCCCCCCCCCc1cccc([N+](=O)[O-])c1. The number of nitro groups is 1. The maximum Gasteiger partial charge on any atom is 0.269 e. The van der Waals surface area contributed by atoms with E-state index in [-0.39, 0.29) is 10.6 Å². The van der Waals surface area contributed by atoms with Gasteiger partial charge in [-0.1, -0.05) is 69.9 Å². The van der Waals surface area contributed by atoms with E-state index >= 15 is 0 Å². The van der Waals surface area contributed by atoms with Crippen LogP contribution in [0, 0.1) is 10.1 Å². The summed E-state index contributed by atoms with van der Waals surface area (Å²) in [6, 6.07) is 7.05. The molecule has 0 aliphatic carbocycles. The van der Waals surface area contributed by atoms with Crippen LogP contribution < -0.4 is 0 Å². The Morgan fingerprint density at radius 2 is 1.42 bits per heavy atom. The molecule has 3 nitrogen and oxygen atoms in total. The zero-order valence-electron chi connectivity index (χ0n) is 15.2. The lowest BCUT2D eigenvalue weighted by molar-refractivity contribution is -0.384. The number of nitro benzene ring substituents is 1. The van der Waals surface area contributed by atoms with E-state index in [0.717, 1.165) is 18.4 Å². The molecular formula is C20H33NO2S. The van der Waals surface area contributed by atoms with Gasteiger partial charge in [-0.15, -0.1) is 0 Å². The molecule has 136 valence electrons. The minimum atomic E-state index is -0.313. The monoisotopic (exact) mass is 351 g/mol. The number of thioether (sulfide) groups is 1. The Labute approximate surface area is 151 Å². The van der Waals surface area contributed by atoms with Crippen molar-refractivity contribution < 1.29 is 4.92 Å². The van der Waals surface area contributed by atoms with Crippen molar-refractivity contribution in [3.05, 3.63) is 39.9 Å². The van der Waals surface area contributed by atoms with Gasteiger partial charge in [0.1, 0.15) is 0 Å². The van der Waals surface area contributed by atoms with Crippen LogP contribution in [0.3, 0.4) is 0 Å². The van der Waals surface area contributed by atoms with Gasteiger partial charge < -0.3 is 0 Å². The highest BCUT2D eigenvalue weighted by Gasteiger charge is 2.05. The molecule has 0 fully saturated rings. The Kier molecular flexibility index (Phi) is 12.5. The molecule has 0 amide bonds. The summed E-state index contributed by atoms with van der Waals surface area (Å²) in [6.07, 6.45) is 17.9. The minimum Gasteiger partial charge on any atom is -0.258 e. The van der Waals surface area contributed by atoms with Gasteiger partial charge >= 0.3 is 0 Å². The normalized spacial score (nSPS) is 10.9. The molecule has 0 bridgehead atoms. The van der Waals surface area contributed by atoms with E-state index in [0.29, 0.717) is 0 Å². The maximum absolute atomic E-state index is 10.7. The van der Waals surface area contributed by atoms with Crippen molar-refractivity contribution in [2.45, 2.75) is 77.0 Å². The molecule has 0 radical (unpaired) electrons. The number of rotatable bonds is 15. The van der Waals surface area contributed by atoms with Crippen molar-refractivity contribution in [2.24, 2.45) is 0 Å². The van der Waals surface area contributed by atoms with Gasteiger partial charge in [-0.05, 0) is 36.8 Å². The summed E-state index contributed by atoms with van der Waals surface area (Å²) in [5.74, 6) is 1.32. The van der Waals surface area contributed by atoms with E-state index in [4.69, 9.17) is 0 Å². The van der Waals surface area contributed by atoms with Crippen molar-refractivity contribution >= 4 is 17.4 Å². The largest absolute Gasteiger partial charge is 0.269 e. The first kappa shape index (κ1) is 21.0. The van der Waals surface area contributed by atoms with E-state index < -0.39 is 0 Å². The molecular weight excluding hydrogens is 318 g/mol. The molecule has 1 aromatic carbocycles. The molecule has 1 rings (SSSR count). The molecule has 0 heterocycles. The van der Waals surface area contributed by atoms with Gasteiger partial charge in [-0.25, -0.2) is 0 Å². The highest BCUT2D eigenvalue weighted by molar-refractivity contribution is 7.98.